The number of halogens is 2. The van der Waals surface area contributed by atoms with Gasteiger partial charge in [-0.15, -0.1) is 23.1 Å². The zero-order valence-corrected chi connectivity index (χ0v) is 14.4. The second-order valence-corrected chi connectivity index (χ2v) is 6.82. The maximum atomic E-state index is 13.4. The lowest BCUT2D eigenvalue weighted by atomic mass is 10.1. The molecule has 0 bridgehead atoms. The Morgan fingerprint density at radius 2 is 2.04 bits per heavy atom. The predicted octanol–water partition coefficient (Wildman–Crippen LogP) is 3.56. The normalized spacial score (nSPS) is 10.8. The van der Waals surface area contributed by atoms with Crippen LogP contribution in [0.5, 0.6) is 0 Å². The van der Waals surface area contributed by atoms with E-state index in [1.165, 1.54) is 17.8 Å². The Morgan fingerprint density at radius 3 is 2.64 bits per heavy atom. The Hall–Kier alpha value is -2.70. The van der Waals surface area contributed by atoms with E-state index < -0.39 is 17.4 Å². The summed E-state index contributed by atoms with van der Waals surface area (Å²) in [6.07, 6.45) is 1.75. The molecule has 0 spiro atoms. The van der Waals surface area contributed by atoms with Crippen LogP contribution in [0.1, 0.15) is 20.8 Å². The van der Waals surface area contributed by atoms with E-state index in [9.17, 15) is 18.8 Å². The average molecular weight is 376 g/mol. The summed E-state index contributed by atoms with van der Waals surface area (Å²) in [6, 6.07) is 4.86. The first-order valence-corrected chi connectivity index (χ1v) is 8.88. The molecule has 4 N–H and O–H groups in total. The van der Waals surface area contributed by atoms with Crippen molar-refractivity contribution in [3.8, 4) is 6.07 Å². The van der Waals surface area contributed by atoms with Crippen molar-refractivity contribution in [3.63, 3.8) is 0 Å². The molecule has 0 radical (unpaired) electrons. The van der Waals surface area contributed by atoms with Gasteiger partial charge in [-0.25, -0.2) is 13.8 Å². The fourth-order valence-corrected chi connectivity index (χ4v) is 4.29. The van der Waals surface area contributed by atoms with Gasteiger partial charge in [0.25, 0.3) is 0 Å². The van der Waals surface area contributed by atoms with E-state index in [4.69, 9.17) is 11.5 Å². The van der Waals surface area contributed by atoms with Gasteiger partial charge in [-0.1, -0.05) is 0 Å². The van der Waals surface area contributed by atoms with Crippen molar-refractivity contribution < 1.29 is 13.6 Å². The minimum Gasteiger partial charge on any atom is -0.397 e. The number of nitrogen functional groups attached to an aromatic ring is 2. The van der Waals surface area contributed by atoms with Crippen molar-refractivity contribution in [2.24, 2.45) is 0 Å². The lowest BCUT2D eigenvalue weighted by Gasteiger charge is -2.06. The summed E-state index contributed by atoms with van der Waals surface area (Å²) in [7, 11) is 0. The number of carbonyl (C=O) groups excluding carboxylic acids is 1. The van der Waals surface area contributed by atoms with Crippen molar-refractivity contribution >= 4 is 50.6 Å². The quantitative estimate of drug-likeness (QED) is 0.535. The first kappa shape index (κ1) is 17.1. The van der Waals surface area contributed by atoms with Crippen molar-refractivity contribution in [1.29, 1.82) is 5.26 Å². The van der Waals surface area contributed by atoms with Crippen LogP contribution in [0, 0.1) is 23.0 Å². The number of fused-ring (bicyclic) bond motifs is 1. The SMILES string of the molecule is CSc1c(C#N)c(N)nc2sc(C(=O)c3ccc(F)c(F)c3)c(N)c12. The number of nitriles is 1. The van der Waals surface area contributed by atoms with Crippen LogP contribution in [0.15, 0.2) is 23.1 Å². The number of thiophene rings is 1. The van der Waals surface area contributed by atoms with Gasteiger partial charge < -0.3 is 11.5 Å². The highest BCUT2D eigenvalue weighted by atomic mass is 32.2. The summed E-state index contributed by atoms with van der Waals surface area (Å²) in [4.78, 5) is 17.9. The van der Waals surface area contributed by atoms with E-state index in [1.54, 1.807) is 6.26 Å². The molecule has 1 aromatic carbocycles. The maximum Gasteiger partial charge on any atom is 0.205 e. The third-order valence-electron chi connectivity index (χ3n) is 3.56. The topological polar surface area (TPSA) is 106 Å². The summed E-state index contributed by atoms with van der Waals surface area (Å²) < 4.78 is 26.5. The summed E-state index contributed by atoms with van der Waals surface area (Å²) in [5.74, 6) is -2.67. The Morgan fingerprint density at radius 1 is 1.32 bits per heavy atom. The van der Waals surface area contributed by atoms with E-state index in [0.717, 1.165) is 23.5 Å². The van der Waals surface area contributed by atoms with Crippen LogP contribution in [0.3, 0.4) is 0 Å². The fraction of sp³-hybridized carbons (Fsp3) is 0.0625. The first-order valence-electron chi connectivity index (χ1n) is 6.84. The van der Waals surface area contributed by atoms with Crippen molar-refractivity contribution in [1.82, 2.24) is 4.98 Å². The lowest BCUT2D eigenvalue weighted by Crippen LogP contribution is -2.03. The van der Waals surface area contributed by atoms with Gasteiger partial charge in [0.15, 0.2) is 11.6 Å². The van der Waals surface area contributed by atoms with Crippen molar-refractivity contribution in [3.05, 3.63) is 45.8 Å². The molecule has 25 heavy (non-hydrogen) atoms. The first-order chi connectivity index (χ1) is 11.9. The van der Waals surface area contributed by atoms with Gasteiger partial charge in [-0.05, 0) is 24.5 Å². The second-order valence-electron chi connectivity index (χ2n) is 5.00. The predicted molar refractivity (Wildman–Crippen MR) is 94.7 cm³/mol. The van der Waals surface area contributed by atoms with Gasteiger partial charge in [-0.3, -0.25) is 4.79 Å². The molecule has 0 saturated heterocycles. The van der Waals surface area contributed by atoms with E-state index >= 15 is 0 Å². The number of anilines is 2. The van der Waals surface area contributed by atoms with Gasteiger partial charge in [0.2, 0.25) is 5.78 Å². The molecule has 2 heterocycles. The number of benzene rings is 1. The molecule has 0 atom stereocenters. The molecule has 0 aliphatic rings. The molecule has 5 nitrogen and oxygen atoms in total. The summed E-state index contributed by atoms with van der Waals surface area (Å²) >= 11 is 2.26. The lowest BCUT2D eigenvalue weighted by molar-refractivity contribution is 0.104. The Kier molecular flexibility index (Phi) is 4.32. The molecular formula is C16H10F2N4OS2. The third kappa shape index (κ3) is 2.69. The highest BCUT2D eigenvalue weighted by Gasteiger charge is 2.24. The maximum absolute atomic E-state index is 13.4. The number of nitrogens with zero attached hydrogens (tertiary/aromatic N) is 2. The number of carbonyl (C=O) groups is 1. The Balaban J connectivity index is 2.24. The molecule has 0 fully saturated rings. The number of rotatable bonds is 3. The number of thioether (sulfide) groups is 1. The Labute approximate surface area is 149 Å². The van der Waals surface area contributed by atoms with Crippen LogP contribution in [0.2, 0.25) is 0 Å². The molecule has 0 aliphatic carbocycles. The summed E-state index contributed by atoms with van der Waals surface area (Å²) in [5.41, 5.74) is 12.2. The van der Waals surface area contributed by atoms with Gasteiger partial charge in [-0.2, -0.15) is 5.26 Å². The highest BCUT2D eigenvalue weighted by Crippen LogP contribution is 2.42. The smallest absolute Gasteiger partial charge is 0.205 e. The number of aromatic nitrogens is 1. The molecular weight excluding hydrogens is 366 g/mol. The van der Waals surface area contributed by atoms with Gasteiger partial charge in [0, 0.05) is 10.5 Å². The highest BCUT2D eigenvalue weighted by molar-refractivity contribution is 7.99. The minimum absolute atomic E-state index is 0.0312. The number of nitrogens with two attached hydrogens (primary N) is 2. The molecule has 3 aromatic rings. The molecule has 0 amide bonds. The number of hydrogen-bond acceptors (Lipinski definition) is 7. The van der Waals surface area contributed by atoms with Crippen LogP contribution < -0.4 is 11.5 Å². The van der Waals surface area contributed by atoms with Gasteiger partial charge in [0.05, 0.1) is 11.1 Å². The van der Waals surface area contributed by atoms with Crippen LogP contribution in [-0.2, 0) is 0 Å². The number of hydrogen-bond donors (Lipinski definition) is 2. The molecule has 0 aliphatic heterocycles. The minimum atomic E-state index is -1.12. The molecule has 3 rings (SSSR count). The van der Waals surface area contributed by atoms with Crippen molar-refractivity contribution in [2.45, 2.75) is 4.90 Å². The van der Waals surface area contributed by atoms with Gasteiger partial charge in [0.1, 0.15) is 27.2 Å². The van der Waals surface area contributed by atoms with Crippen LogP contribution in [0.25, 0.3) is 10.2 Å². The Bertz CT molecular complexity index is 1070. The van der Waals surface area contributed by atoms with E-state index in [-0.39, 0.29) is 27.5 Å². The summed E-state index contributed by atoms with van der Waals surface area (Å²) in [5, 5.41) is 9.73. The number of ketones is 1. The number of pyridine rings is 1. The molecule has 0 saturated carbocycles. The largest absolute Gasteiger partial charge is 0.397 e. The van der Waals surface area contributed by atoms with Crippen LogP contribution in [-0.4, -0.2) is 17.0 Å². The zero-order valence-electron chi connectivity index (χ0n) is 12.8. The zero-order chi connectivity index (χ0) is 18.3. The summed E-state index contributed by atoms with van der Waals surface area (Å²) in [6.45, 7) is 0. The molecule has 126 valence electrons. The average Bonchev–Trinajstić information content (AvgIpc) is 2.91. The van der Waals surface area contributed by atoms with Crippen LogP contribution in [0.4, 0.5) is 20.3 Å². The van der Waals surface area contributed by atoms with E-state index in [1.807, 2.05) is 6.07 Å². The van der Waals surface area contributed by atoms with E-state index in [0.29, 0.717) is 15.1 Å². The third-order valence-corrected chi connectivity index (χ3v) is 5.48. The second kappa shape index (κ2) is 6.31. The standard InChI is InChI=1S/C16H10F2N4OS2/c1-24-13-7(5-19)15(21)22-16-10(13)11(20)14(25-16)12(23)6-2-3-8(17)9(18)4-6/h2-4H,20H2,1H3,(H2,21,22). The van der Waals surface area contributed by atoms with Crippen molar-refractivity contribution in [2.75, 3.05) is 17.7 Å². The van der Waals surface area contributed by atoms with Gasteiger partial charge >= 0.3 is 0 Å². The fourth-order valence-electron chi connectivity index (χ4n) is 2.39. The molecule has 2 aromatic heterocycles. The monoisotopic (exact) mass is 376 g/mol. The molecule has 9 heteroatoms. The molecule has 0 unspecified atom stereocenters. The van der Waals surface area contributed by atoms with E-state index in [2.05, 4.69) is 4.98 Å². The van der Waals surface area contributed by atoms with Crippen LogP contribution >= 0.6 is 23.1 Å².